The predicted molar refractivity (Wildman–Crippen MR) is 59.1 cm³/mol. The Morgan fingerprint density at radius 3 is 2.71 bits per heavy atom. The van der Waals surface area contributed by atoms with Crippen LogP contribution in [0.3, 0.4) is 0 Å². The van der Waals surface area contributed by atoms with Gasteiger partial charge in [0.2, 0.25) is 0 Å². The quantitative estimate of drug-likeness (QED) is 0.531. The smallest absolute Gasteiger partial charge is 0.0802 e. The molecule has 0 heterocycles. The molecule has 0 saturated heterocycles. The summed E-state index contributed by atoms with van der Waals surface area (Å²) in [5.41, 5.74) is 0.980. The molecule has 0 aliphatic carbocycles. The zero-order valence-electron chi connectivity index (χ0n) is 8.32. The molecule has 0 fully saturated rings. The third kappa shape index (κ3) is 3.73. The zero-order chi connectivity index (χ0) is 10.2. The molecule has 1 rings (SSSR count). The summed E-state index contributed by atoms with van der Waals surface area (Å²) in [5.74, 6) is 0. The fourth-order valence-electron chi connectivity index (χ4n) is 1.28. The number of benzene rings is 1. The number of nitrogens with one attached hydrogen (secondary N) is 1. The van der Waals surface area contributed by atoms with Gasteiger partial charge < -0.3 is 10.4 Å². The van der Waals surface area contributed by atoms with Crippen molar-refractivity contribution < 1.29 is 5.11 Å². The SMILES string of the molecule is C=CCNCCC(O)c1ccccc1. The van der Waals surface area contributed by atoms with Crippen LogP contribution in [0.1, 0.15) is 18.1 Å². The molecule has 0 amide bonds. The van der Waals surface area contributed by atoms with E-state index >= 15 is 0 Å². The molecule has 1 unspecified atom stereocenters. The van der Waals surface area contributed by atoms with Gasteiger partial charge in [-0.3, -0.25) is 0 Å². The Morgan fingerprint density at radius 1 is 1.36 bits per heavy atom. The van der Waals surface area contributed by atoms with Gasteiger partial charge in [-0.1, -0.05) is 36.4 Å². The van der Waals surface area contributed by atoms with E-state index in [1.54, 1.807) is 0 Å². The topological polar surface area (TPSA) is 32.3 Å². The minimum absolute atomic E-state index is 0.367. The monoisotopic (exact) mass is 191 g/mol. The van der Waals surface area contributed by atoms with E-state index in [4.69, 9.17) is 0 Å². The van der Waals surface area contributed by atoms with Crippen molar-refractivity contribution in [2.24, 2.45) is 0 Å². The van der Waals surface area contributed by atoms with Crippen molar-refractivity contribution in [2.45, 2.75) is 12.5 Å². The fourth-order valence-corrected chi connectivity index (χ4v) is 1.28. The van der Waals surface area contributed by atoms with Gasteiger partial charge in [0.1, 0.15) is 0 Å². The average Bonchev–Trinajstić information content (AvgIpc) is 2.25. The molecule has 1 aromatic carbocycles. The van der Waals surface area contributed by atoms with Crippen molar-refractivity contribution in [2.75, 3.05) is 13.1 Å². The molecule has 76 valence electrons. The highest BCUT2D eigenvalue weighted by Crippen LogP contribution is 2.14. The van der Waals surface area contributed by atoms with Crippen LogP contribution in [-0.4, -0.2) is 18.2 Å². The summed E-state index contributed by atoms with van der Waals surface area (Å²) in [6, 6.07) is 9.72. The number of hydrogen-bond donors (Lipinski definition) is 2. The Bertz CT molecular complexity index is 258. The van der Waals surface area contributed by atoms with Gasteiger partial charge in [-0.05, 0) is 18.5 Å². The standard InChI is InChI=1S/C12H17NO/c1-2-9-13-10-8-12(14)11-6-4-3-5-7-11/h2-7,12-14H,1,8-10H2. The van der Waals surface area contributed by atoms with Crippen LogP contribution in [0, 0.1) is 0 Å². The van der Waals surface area contributed by atoms with Crippen molar-refractivity contribution in [3.05, 3.63) is 48.6 Å². The lowest BCUT2D eigenvalue weighted by Gasteiger charge is -2.10. The first-order valence-corrected chi connectivity index (χ1v) is 4.89. The molecule has 14 heavy (non-hydrogen) atoms. The molecule has 2 N–H and O–H groups in total. The Morgan fingerprint density at radius 2 is 2.07 bits per heavy atom. The highest BCUT2D eigenvalue weighted by Gasteiger charge is 2.04. The number of aliphatic hydroxyl groups is 1. The van der Waals surface area contributed by atoms with Crippen molar-refractivity contribution >= 4 is 0 Å². The Balaban J connectivity index is 2.28. The minimum atomic E-state index is -0.367. The van der Waals surface area contributed by atoms with Crippen molar-refractivity contribution in [1.82, 2.24) is 5.32 Å². The first-order valence-electron chi connectivity index (χ1n) is 4.89. The lowest BCUT2D eigenvalue weighted by Crippen LogP contribution is -2.17. The zero-order valence-corrected chi connectivity index (χ0v) is 8.32. The molecule has 0 spiro atoms. The van der Waals surface area contributed by atoms with Crippen LogP contribution in [0.5, 0.6) is 0 Å². The second kappa shape index (κ2) is 6.35. The Kier molecular flexibility index (Phi) is 4.97. The lowest BCUT2D eigenvalue weighted by molar-refractivity contribution is 0.167. The lowest BCUT2D eigenvalue weighted by atomic mass is 10.1. The maximum atomic E-state index is 9.75. The number of hydrogen-bond acceptors (Lipinski definition) is 2. The summed E-state index contributed by atoms with van der Waals surface area (Å²) in [7, 11) is 0. The highest BCUT2D eigenvalue weighted by molar-refractivity contribution is 5.17. The van der Waals surface area contributed by atoms with E-state index in [0.29, 0.717) is 0 Å². The third-order valence-corrected chi connectivity index (χ3v) is 2.07. The first-order chi connectivity index (χ1) is 6.84. The van der Waals surface area contributed by atoms with E-state index in [0.717, 1.165) is 25.1 Å². The van der Waals surface area contributed by atoms with Gasteiger partial charge in [-0.15, -0.1) is 6.58 Å². The van der Waals surface area contributed by atoms with Crippen LogP contribution < -0.4 is 5.32 Å². The maximum absolute atomic E-state index is 9.75. The van der Waals surface area contributed by atoms with Crippen molar-refractivity contribution in [3.8, 4) is 0 Å². The van der Waals surface area contributed by atoms with Crippen LogP contribution in [-0.2, 0) is 0 Å². The minimum Gasteiger partial charge on any atom is -0.388 e. The summed E-state index contributed by atoms with van der Waals surface area (Å²) in [4.78, 5) is 0. The van der Waals surface area contributed by atoms with Crippen LogP contribution in [0.15, 0.2) is 43.0 Å². The molecule has 0 radical (unpaired) electrons. The van der Waals surface area contributed by atoms with Crippen LogP contribution in [0.2, 0.25) is 0 Å². The molecule has 1 atom stereocenters. The van der Waals surface area contributed by atoms with E-state index in [1.807, 2.05) is 36.4 Å². The highest BCUT2D eigenvalue weighted by atomic mass is 16.3. The third-order valence-electron chi connectivity index (χ3n) is 2.07. The van der Waals surface area contributed by atoms with Crippen LogP contribution in [0.25, 0.3) is 0 Å². The van der Waals surface area contributed by atoms with Gasteiger partial charge in [0.05, 0.1) is 6.10 Å². The van der Waals surface area contributed by atoms with Crippen LogP contribution in [0.4, 0.5) is 0 Å². The van der Waals surface area contributed by atoms with Crippen molar-refractivity contribution in [3.63, 3.8) is 0 Å². The van der Waals surface area contributed by atoms with E-state index in [-0.39, 0.29) is 6.10 Å². The maximum Gasteiger partial charge on any atom is 0.0802 e. The van der Waals surface area contributed by atoms with Gasteiger partial charge in [0.25, 0.3) is 0 Å². The molecule has 1 aromatic rings. The van der Waals surface area contributed by atoms with E-state index in [1.165, 1.54) is 0 Å². The van der Waals surface area contributed by atoms with E-state index < -0.39 is 0 Å². The number of rotatable bonds is 6. The molecule has 0 aromatic heterocycles. The molecular formula is C12H17NO. The summed E-state index contributed by atoms with van der Waals surface area (Å²) >= 11 is 0. The second-order valence-electron chi connectivity index (χ2n) is 3.21. The fraction of sp³-hybridized carbons (Fsp3) is 0.333. The number of aliphatic hydroxyl groups excluding tert-OH is 1. The van der Waals surface area contributed by atoms with Gasteiger partial charge in [-0.2, -0.15) is 0 Å². The molecule has 0 saturated carbocycles. The molecule has 0 aliphatic heterocycles. The summed E-state index contributed by atoms with van der Waals surface area (Å²) < 4.78 is 0. The van der Waals surface area contributed by atoms with Gasteiger partial charge >= 0.3 is 0 Å². The average molecular weight is 191 g/mol. The predicted octanol–water partition coefficient (Wildman–Crippen LogP) is 1.89. The summed E-state index contributed by atoms with van der Waals surface area (Å²) in [6.45, 7) is 5.21. The van der Waals surface area contributed by atoms with Crippen LogP contribution >= 0.6 is 0 Å². The molecular weight excluding hydrogens is 174 g/mol. The van der Waals surface area contributed by atoms with Crippen molar-refractivity contribution in [1.29, 1.82) is 0 Å². The van der Waals surface area contributed by atoms with E-state index in [9.17, 15) is 5.11 Å². The molecule has 2 nitrogen and oxygen atoms in total. The van der Waals surface area contributed by atoms with Gasteiger partial charge in [0.15, 0.2) is 0 Å². The second-order valence-corrected chi connectivity index (χ2v) is 3.21. The molecule has 0 aliphatic rings. The van der Waals surface area contributed by atoms with Gasteiger partial charge in [-0.25, -0.2) is 0 Å². The Hall–Kier alpha value is -1.12. The Labute approximate surface area is 85.3 Å². The molecule has 2 heteroatoms. The normalized spacial score (nSPS) is 12.4. The first kappa shape index (κ1) is 11.0. The summed E-state index contributed by atoms with van der Waals surface area (Å²) in [6.07, 6.45) is 2.18. The van der Waals surface area contributed by atoms with Gasteiger partial charge in [0, 0.05) is 6.54 Å². The van der Waals surface area contributed by atoms with E-state index in [2.05, 4.69) is 11.9 Å². The largest absolute Gasteiger partial charge is 0.388 e. The summed E-state index contributed by atoms with van der Waals surface area (Å²) in [5, 5.41) is 12.9. The molecule has 0 bridgehead atoms.